The predicted octanol–water partition coefficient (Wildman–Crippen LogP) is 3.19. The summed E-state index contributed by atoms with van der Waals surface area (Å²) in [5.41, 5.74) is -0.201. The monoisotopic (exact) mass is 278 g/mol. The molecule has 0 radical (unpaired) electrons. The maximum atomic E-state index is 14.1. The average molecular weight is 278 g/mol. The van der Waals surface area contributed by atoms with E-state index in [0.717, 1.165) is 25.9 Å². The number of piperidine rings is 1. The molecule has 2 nitrogen and oxygen atoms in total. The second-order valence-electron chi connectivity index (χ2n) is 6.64. The van der Waals surface area contributed by atoms with Crippen LogP contribution in [0.25, 0.3) is 0 Å². The van der Waals surface area contributed by atoms with Gasteiger partial charge >= 0.3 is 0 Å². The van der Waals surface area contributed by atoms with Gasteiger partial charge in [0, 0.05) is 11.2 Å². The van der Waals surface area contributed by atoms with Crippen molar-refractivity contribution in [3.8, 4) is 0 Å². The first-order chi connectivity index (χ1) is 8.25. The Bertz CT molecular complexity index is 296. The highest BCUT2D eigenvalue weighted by Gasteiger charge is 2.58. The fraction of sp³-hybridized carbons (Fsp3) is 1.00. The van der Waals surface area contributed by atoms with Crippen LogP contribution in [-0.4, -0.2) is 29.8 Å². The van der Waals surface area contributed by atoms with E-state index >= 15 is 0 Å². The third-order valence-electron chi connectivity index (χ3n) is 4.07. The molecule has 1 saturated carbocycles. The zero-order valence-electron chi connectivity index (χ0n) is 11.5. The molecule has 2 N–H and O–H groups in total. The van der Waals surface area contributed by atoms with Crippen LogP contribution in [0.5, 0.6) is 0 Å². The van der Waals surface area contributed by atoms with Crippen molar-refractivity contribution in [2.24, 2.45) is 5.41 Å². The fourth-order valence-corrected chi connectivity index (χ4v) is 3.96. The maximum absolute atomic E-state index is 14.1. The number of alkyl halides is 2. The van der Waals surface area contributed by atoms with E-state index in [1.807, 2.05) is 20.8 Å². The normalized spacial score (nSPS) is 30.8. The van der Waals surface area contributed by atoms with Crippen molar-refractivity contribution in [1.29, 1.82) is 0 Å². The molecule has 1 heterocycles. The van der Waals surface area contributed by atoms with Gasteiger partial charge in [-0.05, 0) is 58.5 Å². The van der Waals surface area contributed by atoms with Crippen molar-refractivity contribution in [2.45, 2.75) is 63.2 Å². The second kappa shape index (κ2) is 4.91. The molecule has 0 amide bonds. The highest BCUT2D eigenvalue weighted by atomic mass is 32.2. The third kappa shape index (κ3) is 2.99. The smallest absolute Gasteiger partial charge is 0.264 e. The van der Waals surface area contributed by atoms with Crippen LogP contribution >= 0.6 is 11.9 Å². The van der Waals surface area contributed by atoms with Crippen LogP contribution in [0.2, 0.25) is 0 Å². The summed E-state index contributed by atoms with van der Waals surface area (Å²) in [5.74, 6) is -2.56. The Morgan fingerprint density at radius 2 is 1.72 bits per heavy atom. The van der Waals surface area contributed by atoms with Gasteiger partial charge in [-0.1, -0.05) is 11.9 Å². The lowest BCUT2D eigenvalue weighted by atomic mass is 9.74. The minimum Gasteiger partial charge on any atom is -0.317 e. The third-order valence-corrected chi connectivity index (χ3v) is 5.04. The lowest BCUT2D eigenvalue weighted by molar-refractivity contribution is -0.0342. The first kappa shape index (κ1) is 14.5. The summed E-state index contributed by atoms with van der Waals surface area (Å²) in [6, 6.07) is -0.670. The lowest BCUT2D eigenvalue weighted by Gasteiger charge is -2.41. The standard InChI is InChI=1S/C13H24F2N2S/c1-11(2,3)18-17-10-12(4-5-13(10,14)15)6-8-16-9-7-12/h10,16-17H,4-9H2,1-3H3/t10-/m0/s1. The Balaban J connectivity index is 2.10. The van der Waals surface area contributed by atoms with E-state index in [1.54, 1.807) is 0 Å². The van der Waals surface area contributed by atoms with Gasteiger partial charge < -0.3 is 5.32 Å². The fourth-order valence-electron chi connectivity index (χ4n) is 3.06. The molecule has 0 bridgehead atoms. The quantitative estimate of drug-likeness (QED) is 0.759. The first-order valence-corrected chi connectivity index (χ1v) is 7.59. The minimum absolute atomic E-state index is 0.0349. The van der Waals surface area contributed by atoms with Crippen LogP contribution < -0.4 is 10.0 Å². The molecule has 0 aromatic carbocycles. The van der Waals surface area contributed by atoms with Gasteiger partial charge in [0.15, 0.2) is 0 Å². The lowest BCUT2D eigenvalue weighted by Crippen LogP contribution is -2.52. The molecule has 1 aliphatic carbocycles. The maximum Gasteiger partial charge on any atom is 0.264 e. The molecule has 2 rings (SSSR count). The van der Waals surface area contributed by atoms with Gasteiger partial charge in [-0.25, -0.2) is 8.78 Å². The van der Waals surface area contributed by atoms with Gasteiger partial charge in [-0.3, -0.25) is 4.72 Å². The molecule has 1 spiro atoms. The van der Waals surface area contributed by atoms with Gasteiger partial charge in [0.2, 0.25) is 0 Å². The van der Waals surface area contributed by atoms with E-state index in [4.69, 9.17) is 0 Å². The summed E-state index contributed by atoms with van der Waals surface area (Å²) in [6.07, 6.45) is 2.43. The molecule has 1 saturated heterocycles. The summed E-state index contributed by atoms with van der Waals surface area (Å²) in [4.78, 5) is 0. The predicted molar refractivity (Wildman–Crippen MR) is 73.0 cm³/mol. The number of halogens is 2. The molecule has 1 aliphatic heterocycles. The van der Waals surface area contributed by atoms with E-state index < -0.39 is 12.0 Å². The number of rotatable bonds is 2. The number of hydrogen-bond acceptors (Lipinski definition) is 3. The molecule has 2 aliphatic rings. The minimum atomic E-state index is -2.56. The zero-order valence-corrected chi connectivity index (χ0v) is 12.3. The molecular formula is C13H24F2N2S. The largest absolute Gasteiger partial charge is 0.317 e. The second-order valence-corrected chi connectivity index (χ2v) is 8.30. The van der Waals surface area contributed by atoms with E-state index in [1.165, 1.54) is 11.9 Å². The number of hydrogen-bond donors (Lipinski definition) is 2. The zero-order chi connectivity index (χ0) is 13.4. The Hall–Kier alpha value is 0.130. The number of nitrogens with one attached hydrogen (secondary N) is 2. The Labute approximate surface area is 113 Å². The van der Waals surface area contributed by atoms with Crippen molar-refractivity contribution in [3.05, 3.63) is 0 Å². The summed E-state index contributed by atoms with van der Waals surface area (Å²) in [6.45, 7) is 7.88. The first-order valence-electron chi connectivity index (χ1n) is 6.77. The van der Waals surface area contributed by atoms with Crippen molar-refractivity contribution in [1.82, 2.24) is 10.0 Å². The van der Waals surface area contributed by atoms with E-state index in [2.05, 4.69) is 10.0 Å². The molecule has 5 heteroatoms. The average Bonchev–Trinajstić information content (AvgIpc) is 2.49. The molecular weight excluding hydrogens is 254 g/mol. The van der Waals surface area contributed by atoms with Gasteiger partial charge in [0.1, 0.15) is 0 Å². The molecule has 18 heavy (non-hydrogen) atoms. The highest BCUT2D eigenvalue weighted by Crippen LogP contribution is 2.53. The highest BCUT2D eigenvalue weighted by molar-refractivity contribution is 7.98. The molecule has 0 aromatic heterocycles. The SMILES string of the molecule is CC(C)(C)SN[C@@H]1C(F)(F)CCC12CCNCC2. The van der Waals surface area contributed by atoms with Crippen molar-refractivity contribution < 1.29 is 8.78 Å². The van der Waals surface area contributed by atoms with Gasteiger partial charge in [-0.2, -0.15) is 0 Å². The van der Waals surface area contributed by atoms with Crippen LogP contribution in [0.15, 0.2) is 0 Å². The topological polar surface area (TPSA) is 24.1 Å². The van der Waals surface area contributed by atoms with Crippen LogP contribution in [0.4, 0.5) is 8.78 Å². The molecule has 0 aromatic rings. The summed E-state index contributed by atoms with van der Waals surface area (Å²) in [5, 5.41) is 3.28. The van der Waals surface area contributed by atoms with Crippen molar-refractivity contribution in [3.63, 3.8) is 0 Å². The summed E-state index contributed by atoms with van der Waals surface area (Å²) < 4.78 is 31.3. The summed E-state index contributed by atoms with van der Waals surface area (Å²) in [7, 11) is 0. The van der Waals surface area contributed by atoms with Crippen LogP contribution in [0, 0.1) is 5.41 Å². The molecule has 1 atom stereocenters. The molecule has 106 valence electrons. The molecule has 2 fully saturated rings. The summed E-state index contributed by atoms with van der Waals surface area (Å²) >= 11 is 1.45. The van der Waals surface area contributed by atoms with Gasteiger partial charge in [0.25, 0.3) is 5.92 Å². The Morgan fingerprint density at radius 1 is 1.11 bits per heavy atom. The van der Waals surface area contributed by atoms with Gasteiger partial charge in [0.05, 0.1) is 6.04 Å². The Kier molecular flexibility index (Phi) is 3.96. The van der Waals surface area contributed by atoms with Crippen molar-refractivity contribution >= 4 is 11.9 Å². The molecule has 0 unspecified atom stereocenters. The van der Waals surface area contributed by atoms with Crippen LogP contribution in [0.3, 0.4) is 0 Å². The van der Waals surface area contributed by atoms with Crippen molar-refractivity contribution in [2.75, 3.05) is 13.1 Å². The van der Waals surface area contributed by atoms with E-state index in [9.17, 15) is 8.78 Å². The Morgan fingerprint density at radius 3 is 2.28 bits per heavy atom. The van der Waals surface area contributed by atoms with Gasteiger partial charge in [-0.15, -0.1) is 0 Å². The van der Waals surface area contributed by atoms with Crippen LogP contribution in [0.1, 0.15) is 46.5 Å². The van der Waals surface area contributed by atoms with E-state index in [0.29, 0.717) is 6.42 Å². The van der Waals surface area contributed by atoms with Crippen LogP contribution in [-0.2, 0) is 0 Å². The van der Waals surface area contributed by atoms with E-state index in [-0.39, 0.29) is 16.6 Å².